The molecule has 0 unspecified atom stereocenters. The third-order valence-electron chi connectivity index (χ3n) is 4.54. The van der Waals surface area contributed by atoms with Crippen LogP contribution in [-0.4, -0.2) is 36.3 Å². The van der Waals surface area contributed by atoms with Crippen LogP contribution in [0.4, 0.5) is 4.39 Å². The van der Waals surface area contributed by atoms with Crippen molar-refractivity contribution in [1.29, 1.82) is 0 Å². The summed E-state index contributed by atoms with van der Waals surface area (Å²) in [7, 11) is 0. The van der Waals surface area contributed by atoms with Gasteiger partial charge < -0.3 is 4.57 Å². The van der Waals surface area contributed by atoms with Crippen LogP contribution >= 0.6 is 11.8 Å². The fourth-order valence-electron chi connectivity index (χ4n) is 3.00. The van der Waals surface area contributed by atoms with E-state index < -0.39 is 0 Å². The Bertz CT molecular complexity index is 985. The molecule has 0 aliphatic rings. The van der Waals surface area contributed by atoms with E-state index in [1.165, 1.54) is 23.9 Å². The Kier molecular flexibility index (Phi) is 5.69. The number of Topliss-reactive ketones (excluding diaryl/α,β-unsaturated/α-hetero) is 1. The molecular weight excluding hydrogens is 377 g/mol. The van der Waals surface area contributed by atoms with Crippen LogP contribution in [0.1, 0.15) is 48.1 Å². The molecule has 2 aromatic heterocycles. The molecule has 0 aliphatic heterocycles. The number of aromatic nitrogens is 5. The second-order valence-corrected chi connectivity index (χ2v) is 8.70. The number of aryl methyl sites for hydroxylation is 1. The maximum absolute atomic E-state index is 13.1. The molecule has 0 N–H and O–H groups in total. The predicted octanol–water partition coefficient (Wildman–Crippen LogP) is 4.01. The average Bonchev–Trinajstić information content (AvgIpc) is 3.21. The first-order valence-electron chi connectivity index (χ1n) is 9.03. The third-order valence-corrected chi connectivity index (χ3v) is 5.46. The predicted molar refractivity (Wildman–Crippen MR) is 107 cm³/mol. The largest absolute Gasteiger partial charge is 0.344 e. The van der Waals surface area contributed by atoms with Gasteiger partial charge in [-0.15, -0.1) is 5.10 Å². The minimum Gasteiger partial charge on any atom is -0.344 e. The van der Waals surface area contributed by atoms with Crippen molar-refractivity contribution in [2.24, 2.45) is 0 Å². The summed E-state index contributed by atoms with van der Waals surface area (Å²) in [6.07, 6.45) is 0. The maximum atomic E-state index is 13.1. The highest BCUT2D eigenvalue weighted by molar-refractivity contribution is 7.99. The number of nitrogens with zero attached hydrogens (tertiary/aromatic N) is 5. The molecule has 148 valence electrons. The summed E-state index contributed by atoms with van der Waals surface area (Å²) < 4.78 is 16.9. The van der Waals surface area contributed by atoms with Crippen LogP contribution in [0.15, 0.2) is 35.5 Å². The summed E-state index contributed by atoms with van der Waals surface area (Å²) in [5.41, 5.74) is 3.33. The average molecular weight is 402 g/mol. The lowest BCUT2D eigenvalue weighted by atomic mass is 10.1. The maximum Gasteiger partial charge on any atom is 0.210 e. The zero-order chi connectivity index (χ0) is 20.5. The Hall–Kier alpha value is -2.48. The summed E-state index contributed by atoms with van der Waals surface area (Å²) in [6.45, 7) is 10.5. The first kappa shape index (κ1) is 20.3. The van der Waals surface area contributed by atoms with E-state index in [0.717, 1.165) is 17.0 Å². The van der Waals surface area contributed by atoms with Crippen molar-refractivity contribution < 1.29 is 9.18 Å². The fraction of sp³-hybridized carbons (Fsp3) is 0.400. The van der Waals surface area contributed by atoms with Crippen LogP contribution in [0.25, 0.3) is 0 Å². The van der Waals surface area contributed by atoms with Gasteiger partial charge in [0, 0.05) is 23.5 Å². The first-order chi connectivity index (χ1) is 13.2. The molecule has 0 atom stereocenters. The number of halogens is 1. The molecule has 0 saturated carbocycles. The van der Waals surface area contributed by atoms with E-state index in [1.54, 1.807) is 16.8 Å². The zero-order valence-corrected chi connectivity index (χ0v) is 17.5. The number of rotatable bonds is 6. The van der Waals surface area contributed by atoms with E-state index in [0.29, 0.717) is 17.3 Å². The van der Waals surface area contributed by atoms with Crippen LogP contribution in [-0.2, 0) is 12.1 Å². The molecule has 8 heteroatoms. The lowest BCUT2D eigenvalue weighted by molar-refractivity contribution is 0.102. The Balaban J connectivity index is 1.74. The summed E-state index contributed by atoms with van der Waals surface area (Å²) >= 11 is 1.34. The van der Waals surface area contributed by atoms with Gasteiger partial charge in [0.1, 0.15) is 5.82 Å². The van der Waals surface area contributed by atoms with Crippen molar-refractivity contribution >= 4 is 17.5 Å². The number of ketones is 1. The summed E-state index contributed by atoms with van der Waals surface area (Å²) in [4.78, 5) is 12.8. The second-order valence-electron chi connectivity index (χ2n) is 7.75. The lowest BCUT2D eigenvalue weighted by Gasteiger charge is -2.19. The Labute approximate surface area is 168 Å². The SMILES string of the molecule is Cc1cc(C(=O)CSc2nnnn2C(C)(C)C)c(C)n1Cc1ccc(F)cc1. The molecule has 0 fully saturated rings. The molecule has 0 amide bonds. The van der Waals surface area contributed by atoms with Gasteiger partial charge in [-0.2, -0.15) is 0 Å². The number of hydrogen-bond donors (Lipinski definition) is 0. The Morgan fingerprint density at radius 1 is 1.18 bits per heavy atom. The fourth-order valence-corrected chi connectivity index (χ4v) is 3.94. The van der Waals surface area contributed by atoms with Crippen molar-refractivity contribution in [3.8, 4) is 0 Å². The van der Waals surface area contributed by atoms with Gasteiger partial charge in [-0.25, -0.2) is 9.07 Å². The Morgan fingerprint density at radius 2 is 1.86 bits per heavy atom. The molecule has 3 aromatic rings. The third kappa shape index (κ3) is 4.32. The molecule has 1 aromatic carbocycles. The van der Waals surface area contributed by atoms with Crippen LogP contribution in [0.3, 0.4) is 0 Å². The molecule has 2 heterocycles. The van der Waals surface area contributed by atoms with Crippen molar-refractivity contribution in [2.75, 3.05) is 5.75 Å². The lowest BCUT2D eigenvalue weighted by Crippen LogP contribution is -2.24. The van der Waals surface area contributed by atoms with Gasteiger partial charge in [0.15, 0.2) is 5.78 Å². The summed E-state index contributed by atoms with van der Waals surface area (Å²) in [5, 5.41) is 12.4. The standard InChI is InChI=1S/C20H24FN5OS/c1-13-10-17(14(2)25(13)11-15-6-8-16(21)9-7-15)18(27)12-28-19-22-23-24-26(19)20(3,4)5/h6-10H,11-12H2,1-5H3. The minimum atomic E-state index is -0.254. The summed E-state index contributed by atoms with van der Waals surface area (Å²) in [6, 6.07) is 8.33. The highest BCUT2D eigenvalue weighted by Crippen LogP contribution is 2.24. The number of carbonyl (C=O) groups excluding carboxylic acids is 1. The van der Waals surface area contributed by atoms with Crippen LogP contribution < -0.4 is 0 Å². The van der Waals surface area contributed by atoms with Crippen LogP contribution in [0, 0.1) is 19.7 Å². The topological polar surface area (TPSA) is 65.6 Å². The summed E-state index contributed by atoms with van der Waals surface area (Å²) in [5.74, 6) is 0.0409. The van der Waals surface area contributed by atoms with E-state index in [2.05, 4.69) is 20.1 Å². The van der Waals surface area contributed by atoms with Crippen molar-refractivity contribution in [1.82, 2.24) is 24.8 Å². The van der Waals surface area contributed by atoms with Gasteiger partial charge in [-0.05, 0) is 68.8 Å². The van der Waals surface area contributed by atoms with Crippen molar-refractivity contribution in [2.45, 2.75) is 51.9 Å². The van der Waals surface area contributed by atoms with Crippen molar-refractivity contribution in [3.63, 3.8) is 0 Å². The minimum absolute atomic E-state index is 0.0342. The molecule has 0 saturated heterocycles. The number of thioether (sulfide) groups is 1. The number of hydrogen-bond acceptors (Lipinski definition) is 5. The van der Waals surface area contributed by atoms with Crippen LogP contribution in [0.2, 0.25) is 0 Å². The van der Waals surface area contributed by atoms with Crippen molar-refractivity contribution in [3.05, 3.63) is 58.7 Å². The second kappa shape index (κ2) is 7.87. The number of tetrazole rings is 1. The van der Waals surface area contributed by atoms with E-state index in [1.807, 2.05) is 40.7 Å². The molecule has 3 rings (SSSR count). The molecule has 6 nitrogen and oxygen atoms in total. The molecule has 0 bridgehead atoms. The van der Waals surface area contributed by atoms with Gasteiger partial charge in [0.05, 0.1) is 11.3 Å². The van der Waals surface area contributed by atoms with E-state index in [-0.39, 0.29) is 22.9 Å². The molecule has 0 spiro atoms. The van der Waals surface area contributed by atoms with Gasteiger partial charge in [0.25, 0.3) is 0 Å². The quantitative estimate of drug-likeness (QED) is 0.461. The Morgan fingerprint density at radius 3 is 2.50 bits per heavy atom. The van der Waals surface area contributed by atoms with Gasteiger partial charge in [0.2, 0.25) is 5.16 Å². The molecule has 0 aliphatic carbocycles. The highest BCUT2D eigenvalue weighted by atomic mass is 32.2. The number of benzene rings is 1. The van der Waals surface area contributed by atoms with Crippen LogP contribution in [0.5, 0.6) is 0 Å². The van der Waals surface area contributed by atoms with E-state index >= 15 is 0 Å². The highest BCUT2D eigenvalue weighted by Gasteiger charge is 2.22. The monoisotopic (exact) mass is 401 g/mol. The first-order valence-corrected chi connectivity index (χ1v) is 10.0. The van der Waals surface area contributed by atoms with E-state index in [4.69, 9.17) is 0 Å². The molecule has 0 radical (unpaired) electrons. The van der Waals surface area contributed by atoms with Gasteiger partial charge in [-0.3, -0.25) is 4.79 Å². The molecular formula is C20H24FN5OS. The normalized spacial score (nSPS) is 11.8. The number of carbonyl (C=O) groups is 1. The molecule has 28 heavy (non-hydrogen) atoms. The van der Waals surface area contributed by atoms with Gasteiger partial charge >= 0.3 is 0 Å². The zero-order valence-electron chi connectivity index (χ0n) is 16.7. The van der Waals surface area contributed by atoms with Gasteiger partial charge in [-0.1, -0.05) is 23.9 Å². The smallest absolute Gasteiger partial charge is 0.210 e. The van der Waals surface area contributed by atoms with E-state index in [9.17, 15) is 9.18 Å².